The molecular formula is C19H17N3O. The number of ether oxygens (including phenoxy) is 1. The van der Waals surface area contributed by atoms with Crippen LogP contribution in [0.1, 0.15) is 5.56 Å². The summed E-state index contributed by atoms with van der Waals surface area (Å²) < 4.78 is 5.78. The molecule has 4 nitrogen and oxygen atoms in total. The molecule has 0 aliphatic rings. The summed E-state index contributed by atoms with van der Waals surface area (Å²) in [5.41, 5.74) is 5.73. The summed E-state index contributed by atoms with van der Waals surface area (Å²) in [4.78, 5) is 0. The largest absolute Gasteiger partial charge is 0.457 e. The molecule has 3 aromatic carbocycles. The van der Waals surface area contributed by atoms with Crippen molar-refractivity contribution in [1.29, 1.82) is 0 Å². The van der Waals surface area contributed by atoms with E-state index in [4.69, 9.17) is 4.74 Å². The van der Waals surface area contributed by atoms with Gasteiger partial charge in [0.2, 0.25) is 0 Å². The van der Waals surface area contributed by atoms with Crippen LogP contribution in [0.3, 0.4) is 0 Å². The van der Waals surface area contributed by atoms with Gasteiger partial charge in [0.15, 0.2) is 0 Å². The third-order valence-electron chi connectivity index (χ3n) is 3.19. The number of nitrogens with zero attached hydrogens (tertiary/aromatic N) is 2. The lowest BCUT2D eigenvalue weighted by atomic mass is 10.2. The Balaban J connectivity index is 1.64. The highest BCUT2D eigenvalue weighted by molar-refractivity contribution is 5.48. The number of nitrogens with one attached hydrogen (secondary N) is 1. The van der Waals surface area contributed by atoms with Crippen LogP contribution in [0.2, 0.25) is 0 Å². The molecule has 0 heterocycles. The second-order valence-electron chi connectivity index (χ2n) is 5.09. The molecule has 0 unspecified atom stereocenters. The maximum atomic E-state index is 5.78. The molecule has 23 heavy (non-hydrogen) atoms. The zero-order valence-electron chi connectivity index (χ0n) is 12.8. The minimum absolute atomic E-state index is 0.742. The van der Waals surface area contributed by atoms with Crippen molar-refractivity contribution < 1.29 is 4.74 Å². The summed E-state index contributed by atoms with van der Waals surface area (Å²) in [7, 11) is 0. The number of aryl methyl sites for hydroxylation is 1. The number of rotatable bonds is 5. The van der Waals surface area contributed by atoms with Crippen molar-refractivity contribution >= 4 is 11.4 Å². The second-order valence-corrected chi connectivity index (χ2v) is 5.09. The molecule has 114 valence electrons. The summed E-state index contributed by atoms with van der Waals surface area (Å²) in [6.07, 6.45) is 0. The Bertz CT molecular complexity index is 783. The Labute approximate surface area is 135 Å². The van der Waals surface area contributed by atoms with Crippen LogP contribution in [0, 0.1) is 6.92 Å². The van der Waals surface area contributed by atoms with Crippen LogP contribution in [0.4, 0.5) is 11.4 Å². The van der Waals surface area contributed by atoms with Crippen molar-refractivity contribution in [3.05, 3.63) is 84.4 Å². The van der Waals surface area contributed by atoms with E-state index in [0.717, 1.165) is 22.9 Å². The van der Waals surface area contributed by atoms with Gasteiger partial charge in [-0.2, -0.15) is 0 Å². The van der Waals surface area contributed by atoms with E-state index in [-0.39, 0.29) is 0 Å². The smallest absolute Gasteiger partial charge is 0.129 e. The first-order chi connectivity index (χ1) is 11.3. The van der Waals surface area contributed by atoms with Crippen molar-refractivity contribution in [3.8, 4) is 11.5 Å². The number of para-hydroxylation sites is 1. The van der Waals surface area contributed by atoms with Gasteiger partial charge >= 0.3 is 0 Å². The highest BCUT2D eigenvalue weighted by Crippen LogP contribution is 2.24. The van der Waals surface area contributed by atoms with Gasteiger partial charge in [0, 0.05) is 6.07 Å². The molecule has 0 amide bonds. The molecule has 0 aliphatic carbocycles. The first-order valence-electron chi connectivity index (χ1n) is 7.36. The minimum Gasteiger partial charge on any atom is -0.457 e. The fourth-order valence-corrected chi connectivity index (χ4v) is 2.01. The molecule has 0 bridgehead atoms. The third kappa shape index (κ3) is 4.41. The summed E-state index contributed by atoms with van der Waals surface area (Å²) in [5.74, 6) is 1.54. The quantitative estimate of drug-likeness (QED) is 0.471. The molecule has 0 fully saturated rings. The van der Waals surface area contributed by atoms with Crippen LogP contribution in [0.25, 0.3) is 0 Å². The van der Waals surface area contributed by atoms with Gasteiger partial charge in [-0.3, -0.25) is 5.43 Å². The molecule has 0 saturated heterocycles. The van der Waals surface area contributed by atoms with Gasteiger partial charge in [-0.05, 0) is 43.3 Å². The second kappa shape index (κ2) is 7.22. The lowest BCUT2D eigenvalue weighted by molar-refractivity contribution is 0.483. The maximum Gasteiger partial charge on any atom is 0.129 e. The fraction of sp³-hybridized carbons (Fsp3) is 0.0526. The molecule has 3 aromatic rings. The average Bonchev–Trinajstić information content (AvgIpc) is 2.58. The van der Waals surface area contributed by atoms with Crippen LogP contribution in [-0.2, 0) is 0 Å². The van der Waals surface area contributed by atoms with Crippen molar-refractivity contribution in [1.82, 2.24) is 0 Å². The Morgan fingerprint density at radius 3 is 2.30 bits per heavy atom. The Morgan fingerprint density at radius 2 is 1.52 bits per heavy atom. The van der Waals surface area contributed by atoms with Crippen LogP contribution >= 0.6 is 0 Å². The molecule has 1 N–H and O–H groups in total. The van der Waals surface area contributed by atoms with Crippen molar-refractivity contribution in [2.75, 3.05) is 5.43 Å². The monoisotopic (exact) mass is 303 g/mol. The Morgan fingerprint density at radius 1 is 0.783 bits per heavy atom. The lowest BCUT2D eigenvalue weighted by Gasteiger charge is -2.06. The molecule has 3 rings (SSSR count). The van der Waals surface area contributed by atoms with E-state index < -0.39 is 0 Å². The molecule has 0 saturated carbocycles. The number of benzene rings is 3. The highest BCUT2D eigenvalue weighted by Gasteiger charge is 1.98. The predicted molar refractivity (Wildman–Crippen MR) is 92.3 cm³/mol. The van der Waals surface area contributed by atoms with Crippen LogP contribution in [-0.4, -0.2) is 0 Å². The van der Waals surface area contributed by atoms with E-state index in [1.54, 1.807) is 0 Å². The average molecular weight is 303 g/mol. The number of anilines is 1. The van der Waals surface area contributed by atoms with Gasteiger partial charge in [-0.25, -0.2) is 0 Å². The van der Waals surface area contributed by atoms with Crippen LogP contribution in [0.15, 0.2) is 89.2 Å². The fourth-order valence-electron chi connectivity index (χ4n) is 2.01. The predicted octanol–water partition coefficient (Wildman–Crippen LogP) is 5.90. The van der Waals surface area contributed by atoms with Gasteiger partial charge in [0.05, 0.1) is 11.4 Å². The summed E-state index contributed by atoms with van der Waals surface area (Å²) in [5, 5.41) is 8.14. The minimum atomic E-state index is 0.742. The van der Waals surface area contributed by atoms with Gasteiger partial charge in [0.25, 0.3) is 0 Å². The van der Waals surface area contributed by atoms with E-state index in [2.05, 4.69) is 15.8 Å². The highest BCUT2D eigenvalue weighted by atomic mass is 16.5. The normalized spacial score (nSPS) is 10.7. The van der Waals surface area contributed by atoms with Crippen LogP contribution < -0.4 is 10.2 Å². The molecule has 0 spiro atoms. The van der Waals surface area contributed by atoms with E-state index in [1.807, 2.05) is 85.8 Å². The van der Waals surface area contributed by atoms with Gasteiger partial charge < -0.3 is 4.74 Å². The lowest BCUT2D eigenvalue weighted by Crippen LogP contribution is -1.88. The van der Waals surface area contributed by atoms with Crippen molar-refractivity contribution in [2.24, 2.45) is 10.3 Å². The zero-order valence-corrected chi connectivity index (χ0v) is 12.8. The molecule has 0 aliphatic heterocycles. The standard InChI is InChI=1S/C19H17N3O/c1-15-10-12-16(13-11-15)20-22-21-17-6-5-9-19(14-17)23-18-7-3-2-4-8-18/h2-14H,1H3,(H,20,21). The number of hydrogen-bond acceptors (Lipinski definition) is 3. The van der Waals surface area contributed by atoms with Crippen molar-refractivity contribution in [2.45, 2.75) is 6.92 Å². The first-order valence-corrected chi connectivity index (χ1v) is 7.36. The maximum absolute atomic E-state index is 5.78. The van der Waals surface area contributed by atoms with Crippen LogP contribution in [0.5, 0.6) is 11.5 Å². The summed E-state index contributed by atoms with van der Waals surface area (Å²) in [6, 6.07) is 25.1. The van der Waals surface area contributed by atoms with E-state index in [9.17, 15) is 0 Å². The molecule has 0 aromatic heterocycles. The number of hydrogen-bond donors (Lipinski definition) is 1. The topological polar surface area (TPSA) is 46.0 Å². The SMILES string of the molecule is Cc1ccc(N=NNc2cccc(Oc3ccccc3)c2)cc1. The van der Waals surface area contributed by atoms with Crippen molar-refractivity contribution in [3.63, 3.8) is 0 Å². The molecule has 4 heteroatoms. The Kier molecular flexibility index (Phi) is 4.64. The van der Waals surface area contributed by atoms with E-state index in [0.29, 0.717) is 0 Å². The van der Waals surface area contributed by atoms with Gasteiger partial charge in [-0.1, -0.05) is 47.2 Å². The molecule has 0 atom stereocenters. The summed E-state index contributed by atoms with van der Waals surface area (Å²) >= 11 is 0. The Hall–Kier alpha value is -3.14. The molecule has 0 radical (unpaired) electrons. The van der Waals surface area contributed by atoms with E-state index in [1.165, 1.54) is 5.56 Å². The van der Waals surface area contributed by atoms with Gasteiger partial charge in [0.1, 0.15) is 11.5 Å². The summed E-state index contributed by atoms with van der Waals surface area (Å²) in [6.45, 7) is 2.04. The zero-order chi connectivity index (χ0) is 15.9. The third-order valence-corrected chi connectivity index (χ3v) is 3.19. The first kappa shape index (κ1) is 14.8. The van der Waals surface area contributed by atoms with E-state index >= 15 is 0 Å². The van der Waals surface area contributed by atoms with Gasteiger partial charge in [-0.15, -0.1) is 5.11 Å². The molecular weight excluding hydrogens is 286 g/mol.